The number of halogens is 3. The molecule has 0 saturated carbocycles. The maximum absolute atomic E-state index is 14.4. The summed E-state index contributed by atoms with van der Waals surface area (Å²) in [6, 6.07) is 7.27. The zero-order valence-electron chi connectivity index (χ0n) is 17.6. The molecule has 2 aromatic rings. The molecule has 162 valence electrons. The lowest BCUT2D eigenvalue weighted by Gasteiger charge is -2.39. The summed E-state index contributed by atoms with van der Waals surface area (Å²) in [7, 11) is 2.01. The molecule has 0 unspecified atom stereocenters. The maximum atomic E-state index is 14.4. The first-order valence-corrected chi connectivity index (χ1v) is 10.5. The van der Waals surface area contributed by atoms with Crippen LogP contribution in [0.25, 0.3) is 11.1 Å². The van der Waals surface area contributed by atoms with Crippen LogP contribution in [0.2, 0.25) is 5.02 Å². The van der Waals surface area contributed by atoms with E-state index in [1.54, 1.807) is 30.5 Å². The molecule has 0 aliphatic carbocycles. The molecule has 0 bridgehead atoms. The van der Waals surface area contributed by atoms with Gasteiger partial charge in [0.25, 0.3) is 0 Å². The molecule has 1 saturated heterocycles. The van der Waals surface area contributed by atoms with Gasteiger partial charge in [0.2, 0.25) is 0 Å². The highest BCUT2D eigenvalue weighted by atomic mass is 35.5. The molecule has 0 atom stereocenters. The van der Waals surface area contributed by atoms with Crippen molar-refractivity contribution in [1.29, 1.82) is 0 Å². The normalized spacial score (nSPS) is 14.6. The molecule has 2 aromatic carbocycles. The van der Waals surface area contributed by atoms with Gasteiger partial charge in [-0.15, -0.1) is 0 Å². The fraction of sp³-hybridized carbons (Fsp3) is 0.240. The van der Waals surface area contributed by atoms with Crippen molar-refractivity contribution in [3.05, 3.63) is 84.6 Å². The second kappa shape index (κ2) is 9.92. The predicted molar refractivity (Wildman–Crippen MR) is 127 cm³/mol. The second-order valence-corrected chi connectivity index (χ2v) is 7.89. The standard InChI is InChI=1S/C25H26ClF2N3/c1-5-11-29-24-15-21(20-8-7-18(27)14-23(20)28)22(26)16-25(24)30(4)19-9-12-31(13-10-19)17(3)6-2/h5-8,11,14-16,19H,1-3,9-10,12-13H2,4H3. The van der Waals surface area contributed by atoms with Crippen LogP contribution in [-0.4, -0.2) is 37.3 Å². The number of likely N-dealkylation sites (tertiary alicyclic amines) is 1. The van der Waals surface area contributed by atoms with Gasteiger partial charge in [0.1, 0.15) is 11.6 Å². The van der Waals surface area contributed by atoms with Crippen LogP contribution in [0.1, 0.15) is 12.8 Å². The molecule has 0 radical (unpaired) electrons. The Labute approximate surface area is 187 Å². The molecule has 0 aromatic heterocycles. The third kappa shape index (κ3) is 5.05. The molecule has 0 amide bonds. The fourth-order valence-corrected chi connectivity index (χ4v) is 4.11. The summed E-state index contributed by atoms with van der Waals surface area (Å²) in [5.74, 6) is -1.31. The van der Waals surface area contributed by atoms with Gasteiger partial charge in [-0.1, -0.05) is 37.4 Å². The van der Waals surface area contributed by atoms with Crippen LogP contribution in [0.15, 0.2) is 72.9 Å². The monoisotopic (exact) mass is 441 g/mol. The van der Waals surface area contributed by atoms with E-state index in [1.807, 2.05) is 7.05 Å². The highest BCUT2D eigenvalue weighted by molar-refractivity contribution is 6.34. The highest BCUT2D eigenvalue weighted by Crippen LogP contribution is 2.41. The lowest BCUT2D eigenvalue weighted by Crippen LogP contribution is -2.42. The van der Waals surface area contributed by atoms with Crippen molar-refractivity contribution in [1.82, 2.24) is 4.90 Å². The topological polar surface area (TPSA) is 18.8 Å². The number of allylic oxidation sites excluding steroid dienone is 2. The van der Waals surface area contributed by atoms with Crippen LogP contribution in [0.4, 0.5) is 20.2 Å². The molecule has 6 heteroatoms. The van der Waals surface area contributed by atoms with Gasteiger partial charge in [-0.05, 0) is 43.2 Å². The third-order valence-corrected chi connectivity index (χ3v) is 5.95. The van der Waals surface area contributed by atoms with E-state index >= 15 is 0 Å². The Kier molecular flexibility index (Phi) is 7.29. The summed E-state index contributed by atoms with van der Waals surface area (Å²) >= 11 is 6.56. The Morgan fingerprint density at radius 2 is 1.87 bits per heavy atom. The SMILES string of the molecule is C=CC=Nc1cc(-c2ccc(F)cc2F)c(Cl)cc1N(C)C1CCN(C(=C)C=C)CC1. The van der Waals surface area contributed by atoms with Crippen molar-refractivity contribution < 1.29 is 8.78 Å². The molecule has 1 aliphatic heterocycles. The van der Waals surface area contributed by atoms with Gasteiger partial charge < -0.3 is 9.80 Å². The summed E-state index contributed by atoms with van der Waals surface area (Å²) < 4.78 is 27.8. The molecular weight excluding hydrogens is 416 g/mol. The van der Waals surface area contributed by atoms with Crippen LogP contribution in [0.3, 0.4) is 0 Å². The highest BCUT2D eigenvalue weighted by Gasteiger charge is 2.25. The lowest BCUT2D eigenvalue weighted by atomic mass is 10.00. The van der Waals surface area contributed by atoms with Crippen LogP contribution in [0.5, 0.6) is 0 Å². The molecule has 31 heavy (non-hydrogen) atoms. The number of rotatable bonds is 7. The Morgan fingerprint density at radius 1 is 1.16 bits per heavy atom. The Balaban J connectivity index is 1.95. The maximum Gasteiger partial charge on any atom is 0.133 e. The summed E-state index contributed by atoms with van der Waals surface area (Å²) in [6.45, 7) is 13.3. The summed E-state index contributed by atoms with van der Waals surface area (Å²) in [5, 5.41) is 0.377. The van der Waals surface area contributed by atoms with E-state index in [9.17, 15) is 8.78 Å². The Bertz CT molecular complexity index is 1020. The van der Waals surface area contributed by atoms with E-state index < -0.39 is 11.6 Å². The Hall–Kier alpha value is -2.92. The van der Waals surface area contributed by atoms with E-state index in [1.165, 1.54) is 12.1 Å². The molecule has 1 fully saturated rings. The number of piperidine rings is 1. The molecule has 3 rings (SSSR count). The molecule has 0 N–H and O–H groups in total. The van der Waals surface area contributed by atoms with Crippen molar-refractivity contribution in [2.45, 2.75) is 18.9 Å². The molecule has 1 heterocycles. The number of aliphatic imine (C=N–C) groups is 1. The van der Waals surface area contributed by atoms with Gasteiger partial charge >= 0.3 is 0 Å². The quantitative estimate of drug-likeness (QED) is 0.348. The predicted octanol–water partition coefficient (Wildman–Crippen LogP) is 6.77. The van der Waals surface area contributed by atoms with Crippen LogP contribution < -0.4 is 4.90 Å². The van der Waals surface area contributed by atoms with Crippen molar-refractivity contribution >= 4 is 29.2 Å². The zero-order chi connectivity index (χ0) is 22.5. The second-order valence-electron chi connectivity index (χ2n) is 7.48. The first kappa shape index (κ1) is 22.8. The number of benzene rings is 2. The van der Waals surface area contributed by atoms with Gasteiger partial charge in [-0.2, -0.15) is 0 Å². The number of anilines is 1. The molecule has 1 aliphatic rings. The summed E-state index contributed by atoms with van der Waals surface area (Å²) in [5.41, 5.74) is 3.11. The van der Waals surface area contributed by atoms with Crippen LogP contribution in [-0.2, 0) is 0 Å². The van der Waals surface area contributed by atoms with Crippen LogP contribution in [0, 0.1) is 11.6 Å². The third-order valence-electron chi connectivity index (χ3n) is 5.64. The fourth-order valence-electron chi connectivity index (χ4n) is 3.85. The van der Waals surface area contributed by atoms with E-state index in [0.29, 0.717) is 16.3 Å². The van der Waals surface area contributed by atoms with Crippen molar-refractivity contribution in [2.24, 2.45) is 4.99 Å². The van der Waals surface area contributed by atoms with Crippen molar-refractivity contribution in [2.75, 3.05) is 25.0 Å². The minimum absolute atomic E-state index is 0.229. The number of hydrogen-bond acceptors (Lipinski definition) is 3. The molecule has 3 nitrogen and oxygen atoms in total. The van der Waals surface area contributed by atoms with Gasteiger partial charge in [-0.25, -0.2) is 8.78 Å². The van der Waals surface area contributed by atoms with E-state index in [4.69, 9.17) is 11.6 Å². The largest absolute Gasteiger partial charge is 0.372 e. The van der Waals surface area contributed by atoms with E-state index in [0.717, 1.165) is 43.4 Å². The first-order valence-electron chi connectivity index (χ1n) is 10.1. The average Bonchev–Trinajstić information content (AvgIpc) is 2.77. The van der Waals surface area contributed by atoms with Gasteiger partial charge in [-0.3, -0.25) is 4.99 Å². The van der Waals surface area contributed by atoms with Crippen molar-refractivity contribution in [3.8, 4) is 11.1 Å². The van der Waals surface area contributed by atoms with Gasteiger partial charge in [0.15, 0.2) is 0 Å². The minimum atomic E-state index is -0.670. The molecule has 0 spiro atoms. The number of hydrogen-bond donors (Lipinski definition) is 0. The van der Waals surface area contributed by atoms with Gasteiger partial charge in [0.05, 0.1) is 16.4 Å². The average molecular weight is 442 g/mol. The summed E-state index contributed by atoms with van der Waals surface area (Å²) in [6.07, 6.45) is 6.83. The smallest absolute Gasteiger partial charge is 0.133 e. The lowest BCUT2D eigenvalue weighted by molar-refractivity contribution is 0.268. The summed E-state index contributed by atoms with van der Waals surface area (Å²) in [4.78, 5) is 8.88. The Morgan fingerprint density at radius 3 is 2.48 bits per heavy atom. The number of nitrogens with zero attached hydrogens (tertiary/aromatic N) is 3. The van der Waals surface area contributed by atoms with E-state index in [-0.39, 0.29) is 11.6 Å². The zero-order valence-corrected chi connectivity index (χ0v) is 18.4. The van der Waals surface area contributed by atoms with Crippen LogP contribution >= 0.6 is 11.6 Å². The first-order chi connectivity index (χ1) is 14.8. The van der Waals surface area contributed by atoms with Crippen molar-refractivity contribution in [3.63, 3.8) is 0 Å². The van der Waals surface area contributed by atoms with Gasteiger partial charge in [0, 0.05) is 55.3 Å². The van der Waals surface area contributed by atoms with E-state index in [2.05, 4.69) is 34.5 Å². The molecular formula is C25H26ClF2N3. The minimum Gasteiger partial charge on any atom is -0.372 e.